The van der Waals surface area contributed by atoms with Gasteiger partial charge in [0.05, 0.1) is 11.3 Å². The van der Waals surface area contributed by atoms with Crippen LogP contribution in [0, 0.1) is 0 Å². The zero-order chi connectivity index (χ0) is 11.4. The Bertz CT molecular complexity index is 369. The molecule has 0 bridgehead atoms. The van der Waals surface area contributed by atoms with Crippen molar-refractivity contribution in [3.05, 3.63) is 23.8 Å². The van der Waals surface area contributed by atoms with Gasteiger partial charge in [-0.25, -0.2) is 8.78 Å². The maximum absolute atomic E-state index is 11.9. The predicted octanol–water partition coefficient (Wildman–Crippen LogP) is 1.01. The van der Waals surface area contributed by atoms with Gasteiger partial charge >= 0.3 is 0 Å². The Morgan fingerprint density at radius 3 is 2.67 bits per heavy atom. The Labute approximate surface area is 84.8 Å². The van der Waals surface area contributed by atoms with Crippen LogP contribution in [0.15, 0.2) is 18.2 Å². The molecule has 0 heterocycles. The van der Waals surface area contributed by atoms with Crippen LogP contribution in [0.3, 0.4) is 0 Å². The van der Waals surface area contributed by atoms with Crippen LogP contribution in [-0.2, 0) is 0 Å². The molecule has 1 aromatic carbocycles. The molecule has 0 fully saturated rings. The van der Waals surface area contributed by atoms with Crippen LogP contribution in [0.1, 0.15) is 10.4 Å². The number of primary amides is 1. The topological polar surface area (TPSA) is 78.3 Å². The van der Waals surface area contributed by atoms with E-state index in [-0.39, 0.29) is 17.0 Å². The predicted molar refractivity (Wildman–Crippen MR) is 50.9 cm³/mol. The maximum atomic E-state index is 11.9. The van der Waals surface area contributed by atoms with Crippen molar-refractivity contribution in [2.75, 3.05) is 12.3 Å². The maximum Gasteiger partial charge on any atom is 0.272 e. The van der Waals surface area contributed by atoms with E-state index in [1.807, 2.05) is 0 Å². The summed E-state index contributed by atoms with van der Waals surface area (Å²) < 4.78 is 28.4. The van der Waals surface area contributed by atoms with Gasteiger partial charge in [-0.3, -0.25) is 4.79 Å². The minimum atomic E-state index is -2.60. The van der Waals surface area contributed by atoms with Gasteiger partial charge in [0.25, 0.3) is 12.3 Å². The van der Waals surface area contributed by atoms with Crippen LogP contribution in [-0.4, -0.2) is 18.9 Å². The normalized spacial score (nSPS) is 10.3. The lowest BCUT2D eigenvalue weighted by atomic mass is 10.1. The Morgan fingerprint density at radius 1 is 1.47 bits per heavy atom. The number of hydrogen-bond donors (Lipinski definition) is 2. The number of ether oxygens (including phenoxy) is 1. The second-order valence-corrected chi connectivity index (χ2v) is 2.78. The highest BCUT2D eigenvalue weighted by Gasteiger charge is 2.11. The molecule has 1 rings (SSSR count). The van der Waals surface area contributed by atoms with E-state index in [4.69, 9.17) is 16.2 Å². The minimum absolute atomic E-state index is 0.0225. The number of carbonyl (C=O) groups is 1. The van der Waals surface area contributed by atoms with E-state index in [0.29, 0.717) is 0 Å². The first-order chi connectivity index (χ1) is 7.02. The number of nitrogens with two attached hydrogens (primary N) is 2. The summed E-state index contributed by atoms with van der Waals surface area (Å²) in [6.45, 7) is -0.771. The van der Waals surface area contributed by atoms with Crippen molar-refractivity contribution in [3.8, 4) is 5.75 Å². The molecule has 0 aromatic heterocycles. The zero-order valence-corrected chi connectivity index (χ0v) is 7.74. The second kappa shape index (κ2) is 4.59. The van der Waals surface area contributed by atoms with E-state index < -0.39 is 18.9 Å². The third kappa shape index (κ3) is 2.80. The number of para-hydroxylation sites is 1. The number of carbonyl (C=O) groups excluding carboxylic acids is 1. The molecule has 0 saturated heterocycles. The summed E-state index contributed by atoms with van der Waals surface area (Å²) >= 11 is 0. The third-order valence-electron chi connectivity index (χ3n) is 1.70. The van der Waals surface area contributed by atoms with Crippen LogP contribution >= 0.6 is 0 Å². The Kier molecular flexibility index (Phi) is 3.43. The fourth-order valence-electron chi connectivity index (χ4n) is 1.04. The van der Waals surface area contributed by atoms with E-state index in [1.165, 1.54) is 18.2 Å². The summed E-state index contributed by atoms with van der Waals surface area (Å²) in [6.07, 6.45) is -2.60. The molecule has 4 N–H and O–H groups in total. The van der Waals surface area contributed by atoms with E-state index in [0.717, 1.165) is 0 Å². The fourth-order valence-corrected chi connectivity index (χ4v) is 1.04. The molecule has 15 heavy (non-hydrogen) atoms. The van der Waals surface area contributed by atoms with Gasteiger partial charge in [0, 0.05) is 0 Å². The average Bonchev–Trinajstić information content (AvgIpc) is 2.15. The van der Waals surface area contributed by atoms with Crippen LogP contribution in [0.4, 0.5) is 14.5 Å². The Balaban J connectivity index is 2.89. The van der Waals surface area contributed by atoms with E-state index >= 15 is 0 Å². The van der Waals surface area contributed by atoms with Gasteiger partial charge in [-0.1, -0.05) is 6.07 Å². The van der Waals surface area contributed by atoms with Crippen molar-refractivity contribution >= 4 is 11.6 Å². The number of rotatable bonds is 4. The van der Waals surface area contributed by atoms with Crippen LogP contribution in [0.2, 0.25) is 0 Å². The summed E-state index contributed by atoms with van der Waals surface area (Å²) in [5.74, 6) is -0.693. The molecule has 0 saturated carbocycles. The lowest BCUT2D eigenvalue weighted by molar-refractivity contribution is 0.0822. The van der Waals surface area contributed by atoms with Gasteiger partial charge in [0.2, 0.25) is 0 Å². The molecule has 82 valence electrons. The number of halogens is 2. The number of alkyl halides is 2. The standard InChI is InChI=1S/C9H10F2N2O2/c10-7(11)4-15-6-3-1-2-5(8(6)12)9(13)14/h1-3,7H,4,12H2,(H2,13,14). The lowest BCUT2D eigenvalue weighted by Gasteiger charge is -2.10. The molecule has 0 aliphatic rings. The first-order valence-electron chi connectivity index (χ1n) is 4.11. The monoisotopic (exact) mass is 216 g/mol. The minimum Gasteiger partial charge on any atom is -0.485 e. The van der Waals surface area contributed by atoms with Crippen LogP contribution < -0.4 is 16.2 Å². The van der Waals surface area contributed by atoms with Gasteiger partial charge in [-0.15, -0.1) is 0 Å². The molecule has 0 aliphatic heterocycles. The molecule has 0 unspecified atom stereocenters. The lowest BCUT2D eigenvalue weighted by Crippen LogP contribution is -2.15. The Morgan fingerprint density at radius 2 is 2.13 bits per heavy atom. The number of hydrogen-bond acceptors (Lipinski definition) is 3. The molecule has 0 aliphatic carbocycles. The molecule has 1 aromatic rings. The number of anilines is 1. The molecule has 0 radical (unpaired) electrons. The highest BCUT2D eigenvalue weighted by atomic mass is 19.3. The van der Waals surface area contributed by atoms with Crippen LogP contribution in [0.5, 0.6) is 5.75 Å². The number of nitrogen functional groups attached to an aromatic ring is 1. The summed E-state index contributed by atoms with van der Waals surface area (Å²) in [6, 6.07) is 4.24. The van der Waals surface area contributed by atoms with Crippen molar-refractivity contribution in [1.82, 2.24) is 0 Å². The quantitative estimate of drug-likeness (QED) is 0.737. The van der Waals surface area contributed by atoms with Gasteiger partial charge in [-0.05, 0) is 12.1 Å². The number of benzene rings is 1. The SMILES string of the molecule is NC(=O)c1cccc(OCC(F)F)c1N. The molecule has 4 nitrogen and oxygen atoms in total. The average molecular weight is 216 g/mol. The molecule has 0 atom stereocenters. The zero-order valence-electron chi connectivity index (χ0n) is 7.74. The molecule has 1 amide bonds. The fraction of sp³-hybridized carbons (Fsp3) is 0.222. The van der Waals surface area contributed by atoms with Crippen molar-refractivity contribution in [2.24, 2.45) is 5.73 Å². The highest BCUT2D eigenvalue weighted by molar-refractivity contribution is 5.99. The van der Waals surface area contributed by atoms with E-state index in [2.05, 4.69) is 0 Å². The smallest absolute Gasteiger partial charge is 0.272 e. The van der Waals surface area contributed by atoms with Crippen molar-refractivity contribution in [1.29, 1.82) is 0 Å². The Hall–Kier alpha value is -1.85. The van der Waals surface area contributed by atoms with Crippen molar-refractivity contribution in [3.63, 3.8) is 0 Å². The largest absolute Gasteiger partial charge is 0.485 e. The first-order valence-corrected chi connectivity index (χ1v) is 4.11. The summed E-state index contributed by atoms with van der Waals surface area (Å²) in [7, 11) is 0. The molecular weight excluding hydrogens is 206 g/mol. The third-order valence-corrected chi connectivity index (χ3v) is 1.70. The van der Waals surface area contributed by atoms with Crippen molar-refractivity contribution < 1.29 is 18.3 Å². The van der Waals surface area contributed by atoms with Gasteiger partial charge in [0.15, 0.2) is 0 Å². The summed E-state index contributed by atoms with van der Waals surface area (Å²) in [5, 5.41) is 0. The second-order valence-electron chi connectivity index (χ2n) is 2.78. The molecular formula is C9H10F2N2O2. The van der Waals surface area contributed by atoms with Gasteiger partial charge < -0.3 is 16.2 Å². The molecule has 0 spiro atoms. The van der Waals surface area contributed by atoms with Gasteiger partial charge in [-0.2, -0.15) is 0 Å². The summed E-state index contributed by atoms with van der Waals surface area (Å²) in [4.78, 5) is 10.9. The molecule has 6 heteroatoms. The number of amides is 1. The van der Waals surface area contributed by atoms with Gasteiger partial charge in [0.1, 0.15) is 12.4 Å². The first kappa shape index (κ1) is 11.2. The summed E-state index contributed by atoms with van der Waals surface area (Å²) in [5.41, 5.74) is 10.6. The van der Waals surface area contributed by atoms with E-state index in [9.17, 15) is 13.6 Å². The van der Waals surface area contributed by atoms with E-state index in [1.54, 1.807) is 0 Å². The highest BCUT2D eigenvalue weighted by Crippen LogP contribution is 2.25. The van der Waals surface area contributed by atoms with Crippen LogP contribution in [0.25, 0.3) is 0 Å². The van der Waals surface area contributed by atoms with Crippen molar-refractivity contribution in [2.45, 2.75) is 6.43 Å².